The van der Waals surface area contributed by atoms with E-state index in [-0.39, 0.29) is 0 Å². The van der Waals surface area contributed by atoms with Crippen molar-refractivity contribution in [1.82, 2.24) is 4.90 Å². The van der Waals surface area contributed by atoms with E-state index in [0.717, 1.165) is 11.8 Å². The smallest absolute Gasteiger partial charge is 0.0815 e. The maximum Gasteiger partial charge on any atom is 0.0815 e. The largest absolute Gasteiger partial charge is 0.363 e. The van der Waals surface area contributed by atoms with Crippen molar-refractivity contribution in [2.45, 2.75) is 98.4 Å². The number of fused-ring (bicyclic) bond motifs is 1. The number of piperidine rings is 1. The van der Waals surface area contributed by atoms with Crippen LogP contribution in [0.15, 0.2) is 0 Å². The van der Waals surface area contributed by atoms with Crippen LogP contribution < -0.4 is 0 Å². The Morgan fingerprint density at radius 2 is 1.65 bits per heavy atom. The molecule has 3 unspecified atom stereocenters. The van der Waals surface area contributed by atoms with Crippen LogP contribution in [0.4, 0.5) is 0 Å². The number of rotatable bonds is 2. The monoisotopic (exact) mass is 337 g/mol. The molecule has 0 aromatic rings. The summed E-state index contributed by atoms with van der Waals surface area (Å²) in [6, 6.07) is 0.568. The van der Waals surface area contributed by atoms with Crippen LogP contribution in [0.3, 0.4) is 0 Å². The van der Waals surface area contributed by atoms with Gasteiger partial charge in [0.1, 0.15) is 0 Å². The minimum atomic E-state index is 0.503. The van der Waals surface area contributed by atoms with Crippen LogP contribution >= 0.6 is 12.2 Å². The van der Waals surface area contributed by atoms with Gasteiger partial charge in [-0.15, -0.1) is 0 Å². The molecule has 2 fully saturated rings. The van der Waals surface area contributed by atoms with Crippen LogP contribution in [0.5, 0.6) is 0 Å². The molecule has 2 heteroatoms. The second-order valence-electron chi connectivity index (χ2n) is 9.10. The first-order valence-electron chi connectivity index (χ1n) is 10.2. The quantitative estimate of drug-likeness (QED) is 0.532. The lowest BCUT2D eigenvalue weighted by molar-refractivity contribution is 0.106. The molecule has 1 saturated heterocycles. The molecule has 3 atom stereocenters. The Balaban J connectivity index is 2.20. The number of likely N-dealkylation sites (tertiary alicyclic amines) is 1. The van der Waals surface area contributed by atoms with Crippen molar-refractivity contribution in [3.8, 4) is 0 Å². The van der Waals surface area contributed by atoms with Gasteiger partial charge in [-0.3, -0.25) is 0 Å². The maximum absolute atomic E-state index is 5.98. The first kappa shape index (κ1) is 19.2. The number of nitrogens with zero attached hydrogens (tertiary/aromatic N) is 1. The molecular formula is C21H39NS. The summed E-state index contributed by atoms with van der Waals surface area (Å²) < 4.78 is 0. The van der Waals surface area contributed by atoms with E-state index in [1.165, 1.54) is 69.3 Å². The number of thiocarbonyl (C=S) groups is 1. The minimum Gasteiger partial charge on any atom is -0.363 e. The second-order valence-corrected chi connectivity index (χ2v) is 9.52. The lowest BCUT2D eigenvalue weighted by atomic mass is 9.65. The Morgan fingerprint density at radius 3 is 2.30 bits per heavy atom. The molecule has 1 aliphatic carbocycles. The summed E-state index contributed by atoms with van der Waals surface area (Å²) >= 11 is 5.98. The van der Waals surface area contributed by atoms with Gasteiger partial charge in [-0.1, -0.05) is 65.1 Å². The molecule has 0 radical (unpaired) electrons. The minimum absolute atomic E-state index is 0.503. The molecule has 1 saturated carbocycles. The van der Waals surface area contributed by atoms with Crippen LogP contribution in [0, 0.1) is 23.2 Å². The lowest BCUT2D eigenvalue weighted by Gasteiger charge is -2.46. The zero-order valence-electron chi connectivity index (χ0n) is 16.2. The average molecular weight is 338 g/mol. The van der Waals surface area contributed by atoms with Gasteiger partial charge in [-0.05, 0) is 56.8 Å². The Bertz CT molecular complexity index is 389. The zero-order valence-corrected chi connectivity index (χ0v) is 17.1. The first-order chi connectivity index (χ1) is 10.8. The van der Waals surface area contributed by atoms with E-state index in [1.54, 1.807) is 0 Å². The number of hydrogen-bond acceptors (Lipinski definition) is 1. The van der Waals surface area contributed by atoms with Crippen LogP contribution in [0.2, 0.25) is 0 Å². The molecule has 0 N–H and O–H groups in total. The molecule has 2 aliphatic rings. The van der Waals surface area contributed by atoms with Gasteiger partial charge in [0.2, 0.25) is 0 Å². The summed E-state index contributed by atoms with van der Waals surface area (Å²) in [7, 11) is 0. The molecule has 1 aliphatic heterocycles. The van der Waals surface area contributed by atoms with E-state index in [1.807, 2.05) is 0 Å². The maximum atomic E-state index is 5.98. The SMILES string of the molecule is CC(C)N1CCC2CC(C)(C(C)C)CCCCCCCC2C1=S. The fourth-order valence-electron chi connectivity index (χ4n) is 4.80. The van der Waals surface area contributed by atoms with Crippen LogP contribution in [-0.2, 0) is 0 Å². The van der Waals surface area contributed by atoms with Crippen LogP contribution in [0.1, 0.15) is 92.4 Å². The summed E-state index contributed by atoms with van der Waals surface area (Å²) in [4.78, 5) is 3.81. The summed E-state index contributed by atoms with van der Waals surface area (Å²) in [5.41, 5.74) is 0.503. The predicted octanol–water partition coefficient (Wildman–Crippen LogP) is 6.46. The van der Waals surface area contributed by atoms with Gasteiger partial charge in [0, 0.05) is 18.5 Å². The molecule has 1 heterocycles. The van der Waals surface area contributed by atoms with E-state index < -0.39 is 0 Å². The third-order valence-electron chi connectivity index (χ3n) is 6.92. The molecule has 23 heavy (non-hydrogen) atoms. The molecular weight excluding hydrogens is 298 g/mol. The summed E-state index contributed by atoms with van der Waals surface area (Å²) in [6.45, 7) is 13.2. The highest BCUT2D eigenvalue weighted by molar-refractivity contribution is 7.80. The first-order valence-corrected chi connectivity index (χ1v) is 10.6. The van der Waals surface area contributed by atoms with Crippen molar-refractivity contribution in [2.75, 3.05) is 6.54 Å². The molecule has 0 spiro atoms. The Labute approximate surface area is 150 Å². The Kier molecular flexibility index (Phi) is 6.95. The van der Waals surface area contributed by atoms with Crippen molar-refractivity contribution in [2.24, 2.45) is 23.2 Å². The van der Waals surface area contributed by atoms with Gasteiger partial charge in [0.15, 0.2) is 0 Å². The predicted molar refractivity (Wildman–Crippen MR) is 106 cm³/mol. The fourth-order valence-corrected chi connectivity index (χ4v) is 5.41. The molecule has 0 aromatic carbocycles. The van der Waals surface area contributed by atoms with Gasteiger partial charge < -0.3 is 4.90 Å². The third-order valence-corrected chi connectivity index (χ3v) is 7.46. The topological polar surface area (TPSA) is 3.24 Å². The van der Waals surface area contributed by atoms with Gasteiger partial charge in [-0.2, -0.15) is 0 Å². The van der Waals surface area contributed by atoms with E-state index in [4.69, 9.17) is 12.2 Å². The second kappa shape index (κ2) is 8.32. The van der Waals surface area contributed by atoms with E-state index in [2.05, 4.69) is 39.5 Å². The van der Waals surface area contributed by atoms with Crippen molar-refractivity contribution in [3.63, 3.8) is 0 Å². The molecule has 0 aromatic heterocycles. The summed E-state index contributed by atoms with van der Waals surface area (Å²) in [5, 5.41) is 0. The van der Waals surface area contributed by atoms with Crippen molar-refractivity contribution >= 4 is 17.2 Å². The normalized spacial score (nSPS) is 34.4. The van der Waals surface area contributed by atoms with Crippen LogP contribution in [-0.4, -0.2) is 22.5 Å². The average Bonchev–Trinajstić information content (AvgIpc) is 2.51. The molecule has 1 nitrogen and oxygen atoms in total. The highest BCUT2D eigenvalue weighted by Crippen LogP contribution is 2.45. The van der Waals surface area contributed by atoms with Crippen LogP contribution in [0.25, 0.3) is 0 Å². The molecule has 0 bridgehead atoms. The highest BCUT2D eigenvalue weighted by Gasteiger charge is 2.39. The van der Waals surface area contributed by atoms with Crippen molar-refractivity contribution < 1.29 is 0 Å². The fraction of sp³-hybridized carbons (Fsp3) is 0.952. The van der Waals surface area contributed by atoms with Gasteiger partial charge in [0.05, 0.1) is 4.99 Å². The zero-order chi connectivity index (χ0) is 17.0. The van der Waals surface area contributed by atoms with Crippen molar-refractivity contribution in [1.29, 1.82) is 0 Å². The standard InChI is InChI=1S/C21H39NS/c1-16(2)21(5)13-10-8-6-7-9-11-19-18(15-21)12-14-22(17(3)4)20(19)23/h16-19H,6-15H2,1-5H3. The molecule has 0 amide bonds. The van der Waals surface area contributed by atoms with Crippen molar-refractivity contribution in [3.05, 3.63) is 0 Å². The summed E-state index contributed by atoms with van der Waals surface area (Å²) in [5.74, 6) is 2.26. The van der Waals surface area contributed by atoms with E-state index in [0.29, 0.717) is 17.4 Å². The number of hydrogen-bond donors (Lipinski definition) is 0. The Hall–Kier alpha value is -0.110. The van der Waals surface area contributed by atoms with Gasteiger partial charge in [0.25, 0.3) is 0 Å². The van der Waals surface area contributed by atoms with E-state index in [9.17, 15) is 0 Å². The molecule has 2 rings (SSSR count). The third kappa shape index (κ3) is 4.71. The lowest BCUT2D eigenvalue weighted by Crippen LogP contribution is -2.48. The summed E-state index contributed by atoms with van der Waals surface area (Å²) in [6.07, 6.45) is 12.6. The van der Waals surface area contributed by atoms with E-state index >= 15 is 0 Å². The van der Waals surface area contributed by atoms with Gasteiger partial charge in [-0.25, -0.2) is 0 Å². The van der Waals surface area contributed by atoms with Gasteiger partial charge >= 0.3 is 0 Å². The molecule has 134 valence electrons. The highest BCUT2D eigenvalue weighted by atomic mass is 32.1. The Morgan fingerprint density at radius 1 is 1.00 bits per heavy atom.